The lowest BCUT2D eigenvalue weighted by atomic mass is 9.78. The van der Waals surface area contributed by atoms with E-state index in [2.05, 4.69) is 4.74 Å². The Morgan fingerprint density at radius 3 is 2.92 bits per heavy atom. The highest BCUT2D eigenvalue weighted by atomic mass is 16.5. The Balaban J connectivity index is 2.14. The van der Waals surface area contributed by atoms with E-state index in [-0.39, 0.29) is 23.6 Å². The van der Waals surface area contributed by atoms with E-state index >= 15 is 0 Å². The van der Waals surface area contributed by atoms with Crippen LogP contribution in [0, 0.1) is 11.8 Å². The third-order valence-electron chi connectivity index (χ3n) is 2.99. The van der Waals surface area contributed by atoms with Gasteiger partial charge >= 0.3 is 5.97 Å². The van der Waals surface area contributed by atoms with Gasteiger partial charge in [0.05, 0.1) is 19.6 Å². The highest BCUT2D eigenvalue weighted by Gasteiger charge is 2.43. The molecular weight excluding hydrogens is 170 g/mol. The lowest BCUT2D eigenvalue weighted by molar-refractivity contribution is -0.157. The molecule has 3 atom stereocenters. The summed E-state index contributed by atoms with van der Waals surface area (Å²) in [5.74, 6) is -0.312. The van der Waals surface area contributed by atoms with Crippen molar-refractivity contribution in [3.63, 3.8) is 0 Å². The maximum absolute atomic E-state index is 11.4. The largest absolute Gasteiger partial charge is 0.469 e. The molecule has 0 aromatic carbocycles. The van der Waals surface area contributed by atoms with Gasteiger partial charge in [0.15, 0.2) is 5.78 Å². The molecular formula is C9H13NO3. The van der Waals surface area contributed by atoms with Crippen molar-refractivity contribution in [2.45, 2.75) is 6.42 Å². The summed E-state index contributed by atoms with van der Waals surface area (Å²) in [6.45, 7) is 2.17. The van der Waals surface area contributed by atoms with Crippen molar-refractivity contribution in [3.05, 3.63) is 0 Å². The Morgan fingerprint density at radius 1 is 1.62 bits per heavy atom. The Kier molecular flexibility index (Phi) is 2.07. The van der Waals surface area contributed by atoms with Gasteiger partial charge in [-0.15, -0.1) is 0 Å². The number of hydrogen-bond donors (Lipinski definition) is 0. The van der Waals surface area contributed by atoms with Crippen LogP contribution in [0.5, 0.6) is 0 Å². The molecule has 4 nitrogen and oxygen atoms in total. The van der Waals surface area contributed by atoms with Crippen LogP contribution < -0.4 is 0 Å². The van der Waals surface area contributed by atoms with Crippen LogP contribution in [0.25, 0.3) is 0 Å². The summed E-state index contributed by atoms with van der Waals surface area (Å²) < 4.78 is 4.67. The fourth-order valence-electron chi connectivity index (χ4n) is 2.28. The summed E-state index contributed by atoms with van der Waals surface area (Å²) in [5, 5.41) is 0. The maximum Gasteiger partial charge on any atom is 0.310 e. The van der Waals surface area contributed by atoms with E-state index in [1.54, 1.807) is 0 Å². The number of ketones is 1. The first-order valence-electron chi connectivity index (χ1n) is 4.55. The van der Waals surface area contributed by atoms with Crippen LogP contribution in [0.4, 0.5) is 0 Å². The lowest BCUT2D eigenvalue weighted by Gasteiger charge is -2.41. The number of rotatable bonds is 1. The van der Waals surface area contributed by atoms with Gasteiger partial charge in [0.25, 0.3) is 0 Å². The van der Waals surface area contributed by atoms with Crippen molar-refractivity contribution in [1.29, 1.82) is 0 Å². The number of ether oxygens (including phenoxy) is 1. The van der Waals surface area contributed by atoms with E-state index in [4.69, 9.17) is 0 Å². The third kappa shape index (κ3) is 1.35. The summed E-state index contributed by atoms with van der Waals surface area (Å²) >= 11 is 0. The van der Waals surface area contributed by atoms with Crippen LogP contribution in [-0.4, -0.2) is 43.4 Å². The van der Waals surface area contributed by atoms with Crippen LogP contribution in [0.15, 0.2) is 0 Å². The van der Waals surface area contributed by atoms with Gasteiger partial charge < -0.3 is 4.74 Å². The number of methoxy groups -OCH3 is 1. The zero-order valence-electron chi connectivity index (χ0n) is 7.66. The molecule has 72 valence electrons. The topological polar surface area (TPSA) is 46.6 Å². The number of carbonyl (C=O) groups is 2. The van der Waals surface area contributed by atoms with Gasteiger partial charge in [-0.05, 0) is 13.0 Å². The number of carbonyl (C=O) groups excluding carboxylic acids is 2. The second-order valence-corrected chi connectivity index (χ2v) is 3.73. The Hall–Kier alpha value is -0.900. The Bertz CT molecular complexity index is 251. The van der Waals surface area contributed by atoms with Gasteiger partial charge in [-0.2, -0.15) is 0 Å². The molecule has 0 aromatic rings. The number of piperidine rings is 3. The molecule has 0 saturated carbocycles. The van der Waals surface area contributed by atoms with Gasteiger partial charge in [-0.3, -0.25) is 14.5 Å². The number of fused-ring (bicyclic) bond motifs is 3. The SMILES string of the molecule is COC(=O)C1CN2CCC1C(=O)C2. The summed E-state index contributed by atoms with van der Waals surface area (Å²) in [5.41, 5.74) is 0. The van der Waals surface area contributed by atoms with E-state index in [1.165, 1.54) is 7.11 Å². The molecule has 3 heterocycles. The molecule has 0 amide bonds. The molecule has 4 heteroatoms. The minimum absolute atomic E-state index is 0.0718. The molecule has 0 aliphatic carbocycles. The smallest absolute Gasteiger partial charge is 0.310 e. The molecule has 3 fully saturated rings. The van der Waals surface area contributed by atoms with Crippen LogP contribution in [0.1, 0.15) is 6.42 Å². The minimum Gasteiger partial charge on any atom is -0.469 e. The molecule has 3 aliphatic heterocycles. The predicted molar refractivity (Wildman–Crippen MR) is 45.1 cm³/mol. The number of nitrogens with zero attached hydrogens (tertiary/aromatic N) is 1. The van der Waals surface area contributed by atoms with E-state index < -0.39 is 0 Å². The average Bonchev–Trinajstić information content (AvgIpc) is 2.17. The standard InChI is InChI=1S/C9H13NO3/c1-13-9(12)7-4-10-3-2-6(7)8(11)5-10/h6-7H,2-5H2,1H3. The average molecular weight is 183 g/mol. The molecule has 0 spiro atoms. The van der Waals surface area contributed by atoms with Crippen LogP contribution in [0.3, 0.4) is 0 Å². The first kappa shape index (κ1) is 8.69. The lowest BCUT2D eigenvalue weighted by Crippen LogP contribution is -2.55. The van der Waals surface area contributed by atoms with Crippen LogP contribution in [-0.2, 0) is 14.3 Å². The molecule has 3 aliphatic rings. The van der Waals surface area contributed by atoms with E-state index in [9.17, 15) is 9.59 Å². The third-order valence-corrected chi connectivity index (χ3v) is 2.99. The fourth-order valence-corrected chi connectivity index (χ4v) is 2.28. The quantitative estimate of drug-likeness (QED) is 0.523. The highest BCUT2D eigenvalue weighted by Crippen LogP contribution is 2.30. The molecule has 0 radical (unpaired) electrons. The van der Waals surface area contributed by atoms with Crippen molar-refractivity contribution in [3.8, 4) is 0 Å². The molecule has 2 bridgehead atoms. The zero-order valence-corrected chi connectivity index (χ0v) is 7.66. The van der Waals surface area contributed by atoms with Gasteiger partial charge in [-0.1, -0.05) is 0 Å². The summed E-state index contributed by atoms with van der Waals surface area (Å²) in [4.78, 5) is 24.8. The number of hydrogen-bond acceptors (Lipinski definition) is 4. The van der Waals surface area contributed by atoms with Gasteiger partial charge in [0.2, 0.25) is 0 Å². The van der Waals surface area contributed by atoms with Gasteiger partial charge in [0.1, 0.15) is 0 Å². The van der Waals surface area contributed by atoms with E-state index in [1.807, 2.05) is 4.90 Å². The van der Waals surface area contributed by atoms with Crippen molar-refractivity contribution in [2.24, 2.45) is 11.8 Å². The van der Waals surface area contributed by atoms with Gasteiger partial charge in [0, 0.05) is 12.5 Å². The summed E-state index contributed by atoms with van der Waals surface area (Å²) in [7, 11) is 1.38. The molecule has 0 aromatic heterocycles. The first-order valence-corrected chi connectivity index (χ1v) is 4.55. The predicted octanol–water partition coefficient (Wildman–Crippen LogP) is -0.320. The summed E-state index contributed by atoms with van der Waals surface area (Å²) in [6, 6.07) is 0. The Labute approximate surface area is 76.8 Å². The highest BCUT2D eigenvalue weighted by molar-refractivity contribution is 5.90. The molecule has 0 N–H and O–H groups in total. The normalized spacial score (nSPS) is 37.6. The van der Waals surface area contributed by atoms with Crippen molar-refractivity contribution >= 4 is 11.8 Å². The van der Waals surface area contributed by atoms with E-state index in [0.29, 0.717) is 13.1 Å². The van der Waals surface area contributed by atoms with Crippen LogP contribution in [0.2, 0.25) is 0 Å². The molecule has 3 unspecified atom stereocenters. The van der Waals surface area contributed by atoms with Crippen molar-refractivity contribution in [1.82, 2.24) is 4.90 Å². The second-order valence-electron chi connectivity index (χ2n) is 3.73. The fraction of sp³-hybridized carbons (Fsp3) is 0.778. The monoisotopic (exact) mass is 183 g/mol. The molecule has 13 heavy (non-hydrogen) atoms. The number of Topliss-reactive ketones (excluding diaryl/α,β-unsaturated/α-hetero) is 1. The number of esters is 1. The van der Waals surface area contributed by atoms with Crippen molar-refractivity contribution in [2.75, 3.05) is 26.7 Å². The van der Waals surface area contributed by atoms with Crippen molar-refractivity contribution < 1.29 is 14.3 Å². The minimum atomic E-state index is -0.234. The van der Waals surface area contributed by atoms with Crippen LogP contribution >= 0.6 is 0 Å². The second kappa shape index (κ2) is 3.10. The maximum atomic E-state index is 11.4. The van der Waals surface area contributed by atoms with Gasteiger partial charge in [-0.25, -0.2) is 0 Å². The first-order chi connectivity index (χ1) is 6.22. The zero-order chi connectivity index (χ0) is 9.42. The molecule has 3 saturated heterocycles. The summed E-state index contributed by atoms with van der Waals surface area (Å²) in [6.07, 6.45) is 0.818. The Morgan fingerprint density at radius 2 is 2.38 bits per heavy atom. The van der Waals surface area contributed by atoms with E-state index in [0.717, 1.165) is 13.0 Å². The molecule has 3 rings (SSSR count).